The Morgan fingerprint density at radius 3 is 2.78 bits per heavy atom. The first-order valence-corrected chi connectivity index (χ1v) is 9.10. The molecule has 0 aromatic carbocycles. The summed E-state index contributed by atoms with van der Waals surface area (Å²) in [5, 5.41) is 9.43. The maximum atomic E-state index is 12.3. The Morgan fingerprint density at radius 2 is 2.15 bits per heavy atom. The summed E-state index contributed by atoms with van der Waals surface area (Å²) in [5.41, 5.74) is 2.21. The van der Waals surface area contributed by atoms with Crippen LogP contribution in [0.4, 0.5) is 0 Å². The van der Waals surface area contributed by atoms with Gasteiger partial charge in [0.05, 0.1) is 5.92 Å². The predicted molar refractivity (Wildman–Crippen MR) is 99.8 cm³/mol. The van der Waals surface area contributed by atoms with E-state index in [2.05, 4.69) is 6.58 Å². The van der Waals surface area contributed by atoms with Crippen molar-refractivity contribution in [1.82, 2.24) is 0 Å². The van der Waals surface area contributed by atoms with Crippen molar-refractivity contribution in [1.29, 1.82) is 0 Å². The highest BCUT2D eigenvalue weighted by Crippen LogP contribution is 2.36. The van der Waals surface area contributed by atoms with E-state index in [0.29, 0.717) is 19.3 Å². The molecule has 27 heavy (non-hydrogen) atoms. The molecule has 1 saturated heterocycles. The SMILES string of the molecule is C=C1C(=O)O[C@@H]2/C=C(/C(=O)O)CC/C=C(\C)C[C@@H](OC(=O)/C=C(/C)CC)[C@@H]12. The smallest absolute Gasteiger partial charge is 0.334 e. The van der Waals surface area contributed by atoms with Crippen molar-refractivity contribution in [3.63, 3.8) is 0 Å². The molecule has 0 unspecified atom stereocenters. The number of allylic oxidation sites excluding steroid dienone is 2. The minimum Gasteiger partial charge on any atom is -0.478 e. The Kier molecular flexibility index (Phi) is 6.77. The first-order chi connectivity index (χ1) is 12.7. The predicted octanol–water partition coefficient (Wildman–Crippen LogP) is 3.49. The highest BCUT2D eigenvalue weighted by atomic mass is 16.6. The minimum atomic E-state index is -1.05. The second-order valence-electron chi connectivity index (χ2n) is 7.03. The van der Waals surface area contributed by atoms with Crippen LogP contribution in [0, 0.1) is 5.92 Å². The Hall–Kier alpha value is -2.63. The van der Waals surface area contributed by atoms with E-state index >= 15 is 0 Å². The number of carbonyl (C=O) groups excluding carboxylic acids is 2. The van der Waals surface area contributed by atoms with Crippen LogP contribution >= 0.6 is 0 Å². The van der Waals surface area contributed by atoms with Gasteiger partial charge in [-0.1, -0.05) is 30.7 Å². The third kappa shape index (κ3) is 5.18. The molecule has 2 rings (SSSR count). The van der Waals surface area contributed by atoms with Gasteiger partial charge in [-0.25, -0.2) is 14.4 Å². The minimum absolute atomic E-state index is 0.172. The van der Waals surface area contributed by atoms with E-state index in [9.17, 15) is 19.5 Å². The number of esters is 2. The van der Waals surface area contributed by atoms with E-state index in [1.165, 1.54) is 12.2 Å². The zero-order valence-corrected chi connectivity index (χ0v) is 16.0. The van der Waals surface area contributed by atoms with Gasteiger partial charge in [0.25, 0.3) is 0 Å². The summed E-state index contributed by atoms with van der Waals surface area (Å²) in [6.07, 6.45) is 5.39. The van der Waals surface area contributed by atoms with Gasteiger partial charge < -0.3 is 14.6 Å². The van der Waals surface area contributed by atoms with Crippen LogP contribution in [-0.2, 0) is 23.9 Å². The molecule has 1 aliphatic heterocycles. The number of rotatable bonds is 4. The Balaban J connectivity index is 2.41. The van der Waals surface area contributed by atoms with Gasteiger partial charge in [0.15, 0.2) is 0 Å². The molecule has 0 radical (unpaired) electrons. The van der Waals surface area contributed by atoms with Gasteiger partial charge in [0.1, 0.15) is 12.2 Å². The van der Waals surface area contributed by atoms with Crippen molar-refractivity contribution >= 4 is 17.9 Å². The molecule has 6 nitrogen and oxygen atoms in total. The van der Waals surface area contributed by atoms with Gasteiger partial charge in [-0.15, -0.1) is 0 Å². The molecule has 146 valence electrons. The lowest BCUT2D eigenvalue weighted by Crippen LogP contribution is -2.33. The number of hydrogen-bond acceptors (Lipinski definition) is 5. The summed E-state index contributed by atoms with van der Waals surface area (Å²) in [6.45, 7) is 9.47. The highest BCUT2D eigenvalue weighted by molar-refractivity contribution is 5.92. The van der Waals surface area contributed by atoms with Gasteiger partial charge in [-0.05, 0) is 39.2 Å². The number of carboxylic acid groups (broad SMARTS) is 1. The summed E-state index contributed by atoms with van der Waals surface area (Å²) in [6, 6.07) is 0. The van der Waals surface area contributed by atoms with Crippen LogP contribution in [0.25, 0.3) is 0 Å². The van der Waals surface area contributed by atoms with Crippen molar-refractivity contribution < 1.29 is 29.0 Å². The fraction of sp³-hybridized carbons (Fsp3) is 0.476. The van der Waals surface area contributed by atoms with Gasteiger partial charge in [-0.3, -0.25) is 0 Å². The molecule has 6 heteroatoms. The van der Waals surface area contributed by atoms with Crippen molar-refractivity contribution in [2.24, 2.45) is 5.92 Å². The summed E-state index contributed by atoms with van der Waals surface area (Å²) in [4.78, 5) is 35.9. The zero-order valence-electron chi connectivity index (χ0n) is 16.0. The quantitative estimate of drug-likeness (QED) is 0.460. The van der Waals surface area contributed by atoms with Crippen LogP contribution < -0.4 is 0 Å². The van der Waals surface area contributed by atoms with Crippen LogP contribution in [0.3, 0.4) is 0 Å². The maximum Gasteiger partial charge on any atom is 0.334 e. The van der Waals surface area contributed by atoms with E-state index in [4.69, 9.17) is 9.47 Å². The average molecular weight is 374 g/mol. The lowest BCUT2D eigenvalue weighted by Gasteiger charge is -2.27. The fourth-order valence-electron chi connectivity index (χ4n) is 3.24. The second kappa shape index (κ2) is 8.84. The largest absolute Gasteiger partial charge is 0.478 e. The summed E-state index contributed by atoms with van der Waals surface area (Å²) in [5.74, 6) is -2.75. The van der Waals surface area contributed by atoms with Crippen molar-refractivity contribution in [2.75, 3.05) is 0 Å². The molecule has 0 spiro atoms. The first kappa shape index (κ1) is 20.7. The fourth-order valence-corrected chi connectivity index (χ4v) is 3.24. The van der Waals surface area contributed by atoms with Gasteiger partial charge in [-0.2, -0.15) is 0 Å². The molecule has 0 saturated carbocycles. The molecule has 2 aliphatic rings. The lowest BCUT2D eigenvalue weighted by molar-refractivity contribution is -0.146. The number of hydrogen-bond donors (Lipinski definition) is 1. The molecule has 0 aromatic heterocycles. The van der Waals surface area contributed by atoms with E-state index in [1.807, 2.05) is 26.8 Å². The molecule has 0 amide bonds. The zero-order chi connectivity index (χ0) is 20.1. The van der Waals surface area contributed by atoms with E-state index in [0.717, 1.165) is 17.6 Å². The number of carbonyl (C=O) groups is 3. The molecule has 1 heterocycles. The molecule has 1 fully saturated rings. The van der Waals surface area contributed by atoms with Gasteiger partial charge in [0.2, 0.25) is 0 Å². The van der Waals surface area contributed by atoms with Crippen LogP contribution in [0.2, 0.25) is 0 Å². The van der Waals surface area contributed by atoms with Crippen molar-refractivity contribution in [2.45, 2.75) is 58.7 Å². The summed E-state index contributed by atoms with van der Waals surface area (Å²) >= 11 is 0. The first-order valence-electron chi connectivity index (χ1n) is 9.10. The van der Waals surface area contributed by atoms with Crippen LogP contribution in [0.5, 0.6) is 0 Å². The van der Waals surface area contributed by atoms with Crippen LogP contribution in [0.15, 0.2) is 47.1 Å². The number of carboxylic acids is 1. The van der Waals surface area contributed by atoms with Crippen molar-refractivity contribution in [3.05, 3.63) is 47.1 Å². The Morgan fingerprint density at radius 1 is 1.44 bits per heavy atom. The van der Waals surface area contributed by atoms with Crippen LogP contribution in [0.1, 0.15) is 46.5 Å². The maximum absolute atomic E-state index is 12.3. The lowest BCUT2D eigenvalue weighted by atomic mass is 9.85. The topological polar surface area (TPSA) is 89.9 Å². The normalized spacial score (nSPS) is 30.3. The van der Waals surface area contributed by atoms with Gasteiger partial charge >= 0.3 is 17.9 Å². The number of fused-ring (bicyclic) bond motifs is 1. The molecule has 3 atom stereocenters. The van der Waals surface area contributed by atoms with Gasteiger partial charge in [0, 0.05) is 23.6 Å². The summed E-state index contributed by atoms with van der Waals surface area (Å²) in [7, 11) is 0. The van der Waals surface area contributed by atoms with E-state index in [-0.39, 0.29) is 11.1 Å². The van der Waals surface area contributed by atoms with E-state index < -0.39 is 36.0 Å². The second-order valence-corrected chi connectivity index (χ2v) is 7.03. The molecule has 0 bridgehead atoms. The summed E-state index contributed by atoms with van der Waals surface area (Å²) < 4.78 is 11.0. The molecule has 0 aromatic rings. The third-order valence-corrected chi connectivity index (χ3v) is 4.92. The standard InChI is InChI=1S/C21H26O6/c1-5-12(2)10-18(22)26-16-9-13(3)7-6-8-15(20(23)24)11-17-19(16)14(4)21(25)27-17/h7,10-11,16-17,19H,4-6,8-9H2,1-3H3,(H,23,24)/b12-10-,13-7+,15-11+/t16-,17-,19-/m1/s1. The Labute approximate surface area is 159 Å². The molecular weight excluding hydrogens is 348 g/mol. The highest BCUT2D eigenvalue weighted by Gasteiger charge is 2.44. The number of ether oxygens (including phenoxy) is 2. The van der Waals surface area contributed by atoms with Crippen LogP contribution in [-0.4, -0.2) is 35.2 Å². The molecule has 1 aliphatic carbocycles. The molecular formula is C21H26O6. The average Bonchev–Trinajstić information content (AvgIpc) is 2.86. The number of aliphatic carboxylic acids is 1. The molecule has 1 N–H and O–H groups in total. The third-order valence-electron chi connectivity index (χ3n) is 4.92. The van der Waals surface area contributed by atoms with E-state index in [1.54, 1.807) is 0 Å². The van der Waals surface area contributed by atoms with Crippen molar-refractivity contribution in [3.8, 4) is 0 Å². The Bertz CT molecular complexity index is 740. The monoisotopic (exact) mass is 374 g/mol.